The molecule has 0 radical (unpaired) electrons. The third-order valence-electron chi connectivity index (χ3n) is 8.54. The van der Waals surface area contributed by atoms with Crippen LogP contribution in [0.15, 0.2) is 71.5 Å². The maximum absolute atomic E-state index is 15.6. The molecule has 0 saturated heterocycles. The van der Waals surface area contributed by atoms with E-state index >= 15 is 4.39 Å². The van der Waals surface area contributed by atoms with Gasteiger partial charge in [0.15, 0.2) is 0 Å². The van der Waals surface area contributed by atoms with Gasteiger partial charge in [-0.2, -0.15) is 0 Å². The highest BCUT2D eigenvalue weighted by molar-refractivity contribution is 5.88. The molecule has 1 fully saturated rings. The quantitative estimate of drug-likeness (QED) is 0.210. The first-order valence-corrected chi connectivity index (χ1v) is 14.4. The molecule has 3 aromatic carbocycles. The zero-order valence-corrected chi connectivity index (χ0v) is 23.3. The summed E-state index contributed by atoms with van der Waals surface area (Å²) in [4.78, 5) is 30.0. The number of ether oxygens (including phenoxy) is 1. The molecule has 0 amide bonds. The van der Waals surface area contributed by atoms with E-state index in [-0.39, 0.29) is 41.8 Å². The molecule has 2 heterocycles. The Labute approximate surface area is 241 Å². The Morgan fingerprint density at radius 3 is 2.52 bits per heavy atom. The monoisotopic (exact) mass is 570 g/mol. The van der Waals surface area contributed by atoms with E-state index < -0.39 is 23.1 Å². The predicted molar refractivity (Wildman–Crippen MR) is 158 cm³/mol. The third kappa shape index (κ3) is 4.95. The van der Waals surface area contributed by atoms with Crippen molar-refractivity contribution in [2.45, 2.75) is 44.4 Å². The number of carbonyl (C=O) groups excluding carboxylic acids is 1. The maximum atomic E-state index is 15.6. The minimum Gasteiger partial charge on any atom is -0.507 e. The summed E-state index contributed by atoms with van der Waals surface area (Å²) in [6.07, 6.45) is 5.07. The van der Waals surface area contributed by atoms with Gasteiger partial charge >= 0.3 is 5.97 Å². The van der Waals surface area contributed by atoms with Gasteiger partial charge in [-0.05, 0) is 54.8 Å². The summed E-state index contributed by atoms with van der Waals surface area (Å²) in [7, 11) is 1.59. The molecule has 1 atom stereocenters. The van der Waals surface area contributed by atoms with E-state index in [1.54, 1.807) is 31.3 Å². The number of H-pyrrole nitrogens is 1. The van der Waals surface area contributed by atoms with Crippen LogP contribution in [0.5, 0.6) is 5.75 Å². The molecule has 42 heavy (non-hydrogen) atoms. The van der Waals surface area contributed by atoms with Crippen LogP contribution < -0.4 is 5.56 Å². The number of para-hydroxylation sites is 2. The molecular weight excluding hydrogens is 538 g/mol. The number of nitrogens with zero attached hydrogens (tertiary/aromatic N) is 1. The first-order chi connectivity index (χ1) is 20.3. The highest BCUT2D eigenvalue weighted by Crippen LogP contribution is 2.42. The number of pyridine rings is 1. The SMILES string of the molecule is Cn1c(=O)c(C(c2cc(F)ccc2F)c2[nH]c3ccccc3c2CCOC(=O)C2CCCCC2)c(O)c2ccccc21. The Morgan fingerprint density at radius 2 is 1.74 bits per heavy atom. The topological polar surface area (TPSA) is 84.3 Å². The molecule has 1 aliphatic rings. The lowest BCUT2D eigenvalue weighted by atomic mass is 9.84. The summed E-state index contributed by atoms with van der Waals surface area (Å²) in [5.74, 6) is -3.19. The van der Waals surface area contributed by atoms with E-state index in [1.807, 2.05) is 24.3 Å². The second-order valence-electron chi connectivity index (χ2n) is 11.1. The van der Waals surface area contributed by atoms with Gasteiger partial charge in [0.2, 0.25) is 0 Å². The molecule has 2 N–H and O–H groups in total. The van der Waals surface area contributed by atoms with Crippen molar-refractivity contribution < 1.29 is 23.4 Å². The van der Waals surface area contributed by atoms with Crippen LogP contribution in [0.3, 0.4) is 0 Å². The summed E-state index contributed by atoms with van der Waals surface area (Å²) in [5, 5.41) is 12.8. The largest absolute Gasteiger partial charge is 0.507 e. The Morgan fingerprint density at radius 1 is 1.02 bits per heavy atom. The van der Waals surface area contributed by atoms with Gasteiger partial charge < -0.3 is 19.4 Å². The number of carbonyl (C=O) groups is 1. The van der Waals surface area contributed by atoms with Gasteiger partial charge in [0.1, 0.15) is 17.4 Å². The Balaban J connectivity index is 1.52. The second-order valence-corrected chi connectivity index (χ2v) is 11.1. The highest BCUT2D eigenvalue weighted by Gasteiger charge is 2.32. The molecule has 5 aromatic rings. The number of hydrogen-bond donors (Lipinski definition) is 2. The number of aromatic nitrogens is 2. The summed E-state index contributed by atoms with van der Waals surface area (Å²) in [5.41, 5.74) is 1.65. The van der Waals surface area contributed by atoms with Crippen molar-refractivity contribution in [1.29, 1.82) is 0 Å². The van der Waals surface area contributed by atoms with Gasteiger partial charge in [-0.1, -0.05) is 49.6 Å². The number of aryl methyl sites for hydroxylation is 1. The van der Waals surface area contributed by atoms with Crippen LogP contribution in [0.25, 0.3) is 21.8 Å². The fourth-order valence-corrected chi connectivity index (χ4v) is 6.40. The molecule has 1 aliphatic carbocycles. The molecule has 8 heteroatoms. The lowest BCUT2D eigenvalue weighted by molar-refractivity contribution is -0.149. The van der Waals surface area contributed by atoms with Crippen LogP contribution in [0, 0.1) is 17.6 Å². The number of rotatable bonds is 7. The first-order valence-electron chi connectivity index (χ1n) is 14.4. The minimum atomic E-state index is -1.18. The van der Waals surface area contributed by atoms with Crippen LogP contribution in [0.2, 0.25) is 0 Å². The molecule has 6 nitrogen and oxygen atoms in total. The fraction of sp³-hybridized carbons (Fsp3) is 0.294. The number of hydrogen-bond acceptors (Lipinski definition) is 4. The van der Waals surface area contributed by atoms with Crippen molar-refractivity contribution in [3.8, 4) is 5.75 Å². The number of fused-ring (bicyclic) bond motifs is 2. The van der Waals surface area contributed by atoms with E-state index in [0.29, 0.717) is 22.2 Å². The zero-order chi connectivity index (χ0) is 29.4. The number of nitrogens with one attached hydrogen (secondary N) is 1. The molecule has 6 rings (SSSR count). The molecule has 0 spiro atoms. The molecule has 0 aliphatic heterocycles. The van der Waals surface area contributed by atoms with Crippen molar-refractivity contribution >= 4 is 27.8 Å². The lowest BCUT2D eigenvalue weighted by Gasteiger charge is -2.23. The number of aromatic amines is 1. The minimum absolute atomic E-state index is 0.0762. The smallest absolute Gasteiger partial charge is 0.308 e. The summed E-state index contributed by atoms with van der Waals surface area (Å²) < 4.78 is 37.4. The molecule has 2 aromatic heterocycles. The summed E-state index contributed by atoms with van der Waals surface area (Å²) in [6.45, 7) is 0.0875. The van der Waals surface area contributed by atoms with E-state index in [4.69, 9.17) is 4.74 Å². The van der Waals surface area contributed by atoms with Crippen LogP contribution >= 0.6 is 0 Å². The van der Waals surface area contributed by atoms with E-state index in [0.717, 1.165) is 61.2 Å². The Kier molecular flexibility index (Phi) is 7.54. The van der Waals surface area contributed by atoms with Crippen LogP contribution in [-0.4, -0.2) is 27.2 Å². The predicted octanol–water partition coefficient (Wildman–Crippen LogP) is 6.85. The second kappa shape index (κ2) is 11.4. The van der Waals surface area contributed by atoms with Gasteiger partial charge in [0.05, 0.1) is 29.5 Å². The van der Waals surface area contributed by atoms with Gasteiger partial charge in [0, 0.05) is 41.0 Å². The summed E-state index contributed by atoms with van der Waals surface area (Å²) in [6, 6.07) is 17.5. The fourth-order valence-electron chi connectivity index (χ4n) is 6.40. The van der Waals surface area contributed by atoms with Crippen LogP contribution in [-0.2, 0) is 23.0 Å². The zero-order valence-electron chi connectivity index (χ0n) is 23.3. The Bertz CT molecular complexity index is 1850. The van der Waals surface area contributed by atoms with Gasteiger partial charge in [0.25, 0.3) is 5.56 Å². The number of benzene rings is 3. The summed E-state index contributed by atoms with van der Waals surface area (Å²) >= 11 is 0. The van der Waals surface area contributed by atoms with Crippen molar-refractivity contribution in [2.75, 3.05) is 6.61 Å². The molecular formula is C34H32F2N2O4. The standard InChI is InChI=1S/C34H32F2N2O4/c1-38-28-14-8-6-12-24(28)32(39)30(33(38)40)29(25-19-21(35)15-16-26(25)36)31-23(22-11-5-7-13-27(22)37-31)17-18-42-34(41)20-9-3-2-4-10-20/h5-8,11-16,19-20,29,37,39H,2-4,9-10,17-18H2,1H3. The maximum Gasteiger partial charge on any atom is 0.308 e. The average molecular weight is 571 g/mol. The lowest BCUT2D eigenvalue weighted by Crippen LogP contribution is -2.26. The van der Waals surface area contributed by atoms with Gasteiger partial charge in [-0.3, -0.25) is 9.59 Å². The van der Waals surface area contributed by atoms with Gasteiger partial charge in [-0.25, -0.2) is 8.78 Å². The number of esters is 1. The number of halogens is 2. The highest BCUT2D eigenvalue weighted by atomic mass is 19.1. The van der Waals surface area contributed by atoms with E-state index in [2.05, 4.69) is 4.98 Å². The van der Waals surface area contributed by atoms with Gasteiger partial charge in [-0.15, -0.1) is 0 Å². The van der Waals surface area contributed by atoms with Crippen LogP contribution in [0.4, 0.5) is 8.78 Å². The molecule has 216 valence electrons. The van der Waals surface area contributed by atoms with Crippen molar-refractivity contribution in [1.82, 2.24) is 9.55 Å². The third-order valence-corrected chi connectivity index (χ3v) is 8.54. The van der Waals surface area contributed by atoms with Crippen molar-refractivity contribution in [3.05, 3.63) is 111 Å². The normalized spacial score (nSPS) is 14.8. The van der Waals surface area contributed by atoms with Crippen molar-refractivity contribution in [3.63, 3.8) is 0 Å². The van der Waals surface area contributed by atoms with Crippen LogP contribution in [0.1, 0.15) is 60.4 Å². The first kappa shape index (κ1) is 27.7. The van der Waals surface area contributed by atoms with E-state index in [9.17, 15) is 19.1 Å². The number of aromatic hydroxyl groups is 1. The average Bonchev–Trinajstić information content (AvgIpc) is 3.38. The molecule has 0 bridgehead atoms. The van der Waals surface area contributed by atoms with Crippen molar-refractivity contribution in [2.24, 2.45) is 13.0 Å². The molecule has 1 unspecified atom stereocenters. The molecule has 1 saturated carbocycles. The van der Waals surface area contributed by atoms with E-state index in [1.165, 1.54) is 4.57 Å². The Hall–Kier alpha value is -4.46.